The molecule has 4 N–H and O–H groups in total. The molecule has 1 heterocycles. The molecule has 0 saturated carbocycles. The molecule has 0 spiro atoms. The first-order valence-corrected chi connectivity index (χ1v) is 10.5. The fourth-order valence-electron chi connectivity index (χ4n) is 3.18. The molecule has 2 rings (SSSR count). The number of H-pyrrole nitrogens is 1. The Morgan fingerprint density at radius 1 is 1.33 bits per heavy atom. The van der Waals surface area contributed by atoms with Gasteiger partial charge in [0.2, 0.25) is 5.91 Å². The van der Waals surface area contributed by atoms with Gasteiger partial charge in [0, 0.05) is 36.8 Å². The molecular weight excluding hydrogens is 406 g/mol. The summed E-state index contributed by atoms with van der Waals surface area (Å²) in [6.45, 7) is 7.26. The number of rotatable bonds is 10. The summed E-state index contributed by atoms with van der Waals surface area (Å²) in [4.78, 5) is 41.3. The van der Waals surface area contributed by atoms with Crippen LogP contribution in [0.15, 0.2) is 33.9 Å². The highest BCUT2D eigenvalue weighted by Gasteiger charge is 2.20. The fourth-order valence-corrected chi connectivity index (χ4v) is 3.37. The Morgan fingerprint density at radius 3 is 2.70 bits per heavy atom. The highest BCUT2D eigenvalue weighted by atomic mass is 35.5. The van der Waals surface area contributed by atoms with E-state index in [0.717, 1.165) is 12.8 Å². The first kappa shape index (κ1) is 23.5. The molecule has 0 aliphatic carbocycles. The summed E-state index contributed by atoms with van der Waals surface area (Å²) in [5, 5.41) is 3.33. The van der Waals surface area contributed by atoms with Gasteiger partial charge in [-0.2, -0.15) is 0 Å². The number of hydrogen-bond donors (Lipinski definition) is 3. The number of aromatic amines is 1. The SMILES string of the molecule is CCCCn1c(N)c(N(CCC(=O)Nc2cccc(Cl)c2)CC(C)C)c(=O)[nH]c1=O. The molecule has 0 bridgehead atoms. The van der Waals surface area contributed by atoms with Crippen LogP contribution in [0.5, 0.6) is 0 Å². The van der Waals surface area contributed by atoms with Crippen molar-refractivity contribution in [2.45, 2.75) is 46.6 Å². The second-order valence-corrected chi connectivity index (χ2v) is 8.08. The van der Waals surface area contributed by atoms with Crippen molar-refractivity contribution in [2.24, 2.45) is 5.92 Å². The van der Waals surface area contributed by atoms with E-state index in [0.29, 0.717) is 23.8 Å². The molecular formula is C21H30ClN5O3. The summed E-state index contributed by atoms with van der Waals surface area (Å²) in [5.41, 5.74) is 6.02. The van der Waals surface area contributed by atoms with Gasteiger partial charge in [0.25, 0.3) is 5.56 Å². The standard InChI is InChI=1S/C21H30ClN5O3/c1-4-5-10-27-19(23)18(20(29)25-21(27)30)26(13-14(2)3)11-9-17(28)24-16-8-6-7-15(22)12-16/h6-8,12,14H,4-5,9-11,13,23H2,1-3H3,(H,24,28)(H,25,29,30). The largest absolute Gasteiger partial charge is 0.383 e. The first-order valence-electron chi connectivity index (χ1n) is 10.2. The lowest BCUT2D eigenvalue weighted by Gasteiger charge is -2.27. The third-order valence-electron chi connectivity index (χ3n) is 4.57. The Labute approximate surface area is 181 Å². The molecule has 2 aromatic rings. The molecule has 1 aromatic heterocycles. The molecule has 30 heavy (non-hydrogen) atoms. The third kappa shape index (κ3) is 6.38. The van der Waals surface area contributed by atoms with Crippen molar-refractivity contribution in [1.82, 2.24) is 9.55 Å². The van der Waals surface area contributed by atoms with E-state index in [9.17, 15) is 14.4 Å². The van der Waals surface area contributed by atoms with Gasteiger partial charge in [0.05, 0.1) is 0 Å². The van der Waals surface area contributed by atoms with E-state index in [2.05, 4.69) is 10.3 Å². The van der Waals surface area contributed by atoms with Crippen LogP contribution in [-0.4, -0.2) is 28.5 Å². The number of carbonyl (C=O) groups is 1. The van der Waals surface area contributed by atoms with Crippen molar-refractivity contribution >= 4 is 34.7 Å². The van der Waals surface area contributed by atoms with Crippen LogP contribution in [0.4, 0.5) is 17.2 Å². The molecule has 0 unspecified atom stereocenters. The van der Waals surface area contributed by atoms with E-state index in [1.54, 1.807) is 29.2 Å². The minimum atomic E-state index is -0.541. The number of halogens is 1. The van der Waals surface area contributed by atoms with Crippen LogP contribution >= 0.6 is 11.6 Å². The zero-order valence-corrected chi connectivity index (χ0v) is 18.5. The van der Waals surface area contributed by atoms with Gasteiger partial charge in [-0.25, -0.2) is 4.79 Å². The van der Waals surface area contributed by atoms with Crippen LogP contribution < -0.4 is 27.2 Å². The average Bonchev–Trinajstić information content (AvgIpc) is 2.65. The predicted molar refractivity (Wildman–Crippen MR) is 122 cm³/mol. The van der Waals surface area contributed by atoms with E-state index in [-0.39, 0.29) is 36.3 Å². The van der Waals surface area contributed by atoms with Gasteiger partial charge < -0.3 is 16.0 Å². The number of aromatic nitrogens is 2. The van der Waals surface area contributed by atoms with Gasteiger partial charge in [-0.1, -0.05) is 44.9 Å². The molecule has 0 aliphatic heterocycles. The average molecular weight is 436 g/mol. The van der Waals surface area contributed by atoms with E-state index >= 15 is 0 Å². The summed E-state index contributed by atoms with van der Waals surface area (Å²) in [6, 6.07) is 6.90. The van der Waals surface area contributed by atoms with E-state index < -0.39 is 11.2 Å². The van der Waals surface area contributed by atoms with Crippen molar-refractivity contribution in [3.8, 4) is 0 Å². The minimum Gasteiger partial charge on any atom is -0.383 e. The summed E-state index contributed by atoms with van der Waals surface area (Å²) >= 11 is 5.95. The summed E-state index contributed by atoms with van der Waals surface area (Å²) in [5.74, 6) is 0.143. The van der Waals surface area contributed by atoms with E-state index in [1.807, 2.05) is 20.8 Å². The smallest absolute Gasteiger partial charge is 0.330 e. The van der Waals surface area contributed by atoms with Crippen LogP contribution in [0, 0.1) is 5.92 Å². The molecule has 9 heteroatoms. The maximum absolute atomic E-state index is 12.6. The van der Waals surface area contributed by atoms with Crippen LogP contribution in [0.25, 0.3) is 0 Å². The van der Waals surface area contributed by atoms with Crippen molar-refractivity contribution in [2.75, 3.05) is 29.0 Å². The van der Waals surface area contributed by atoms with Gasteiger partial charge >= 0.3 is 5.69 Å². The number of carbonyl (C=O) groups excluding carboxylic acids is 1. The van der Waals surface area contributed by atoms with Crippen LogP contribution in [0.1, 0.15) is 40.0 Å². The molecule has 0 fully saturated rings. The van der Waals surface area contributed by atoms with Crippen molar-refractivity contribution in [1.29, 1.82) is 0 Å². The van der Waals surface area contributed by atoms with E-state index in [4.69, 9.17) is 17.3 Å². The molecule has 164 valence electrons. The summed E-state index contributed by atoms with van der Waals surface area (Å²) in [7, 11) is 0. The summed E-state index contributed by atoms with van der Waals surface area (Å²) < 4.78 is 1.39. The molecule has 0 radical (unpaired) electrons. The Bertz CT molecular complexity index is 983. The minimum absolute atomic E-state index is 0.132. The number of amides is 1. The second-order valence-electron chi connectivity index (χ2n) is 7.65. The normalized spacial score (nSPS) is 11.0. The van der Waals surface area contributed by atoms with Gasteiger partial charge in [-0.05, 0) is 30.5 Å². The zero-order chi connectivity index (χ0) is 22.3. The van der Waals surface area contributed by atoms with Gasteiger partial charge in [-0.3, -0.25) is 19.1 Å². The molecule has 1 amide bonds. The number of benzene rings is 1. The van der Waals surface area contributed by atoms with Crippen LogP contribution in [-0.2, 0) is 11.3 Å². The summed E-state index contributed by atoms with van der Waals surface area (Å²) in [6.07, 6.45) is 1.80. The fraction of sp³-hybridized carbons (Fsp3) is 0.476. The Kier molecular flexibility index (Phi) is 8.53. The van der Waals surface area contributed by atoms with Crippen LogP contribution in [0.2, 0.25) is 5.02 Å². The van der Waals surface area contributed by atoms with Crippen molar-refractivity contribution in [3.05, 3.63) is 50.1 Å². The second kappa shape index (κ2) is 10.9. The molecule has 8 nitrogen and oxygen atoms in total. The number of hydrogen-bond acceptors (Lipinski definition) is 5. The Hall–Kier alpha value is -2.74. The number of nitrogen functional groups attached to an aromatic ring is 1. The topological polar surface area (TPSA) is 113 Å². The molecule has 0 atom stereocenters. The Balaban J connectivity index is 2.24. The quantitative estimate of drug-likeness (QED) is 0.530. The zero-order valence-electron chi connectivity index (χ0n) is 17.7. The number of unbranched alkanes of at least 4 members (excludes halogenated alkanes) is 1. The first-order chi connectivity index (χ1) is 14.2. The number of anilines is 3. The predicted octanol–water partition coefficient (Wildman–Crippen LogP) is 3.06. The maximum atomic E-state index is 12.6. The lowest BCUT2D eigenvalue weighted by atomic mass is 10.2. The number of nitrogens with two attached hydrogens (primary N) is 1. The van der Waals surface area contributed by atoms with Crippen LogP contribution in [0.3, 0.4) is 0 Å². The number of nitrogens with zero attached hydrogens (tertiary/aromatic N) is 2. The van der Waals surface area contributed by atoms with E-state index in [1.165, 1.54) is 4.57 Å². The highest BCUT2D eigenvalue weighted by molar-refractivity contribution is 6.30. The maximum Gasteiger partial charge on any atom is 0.330 e. The lowest BCUT2D eigenvalue weighted by molar-refractivity contribution is -0.116. The van der Waals surface area contributed by atoms with Crippen molar-refractivity contribution < 1.29 is 4.79 Å². The van der Waals surface area contributed by atoms with Gasteiger partial charge in [0.1, 0.15) is 11.5 Å². The van der Waals surface area contributed by atoms with Gasteiger partial charge in [0.15, 0.2) is 0 Å². The van der Waals surface area contributed by atoms with Crippen molar-refractivity contribution in [3.63, 3.8) is 0 Å². The Morgan fingerprint density at radius 2 is 2.07 bits per heavy atom. The molecule has 0 aliphatic rings. The van der Waals surface area contributed by atoms with Gasteiger partial charge in [-0.15, -0.1) is 0 Å². The molecule has 0 saturated heterocycles. The monoisotopic (exact) mass is 435 g/mol. The lowest BCUT2D eigenvalue weighted by Crippen LogP contribution is -2.40. The number of nitrogens with one attached hydrogen (secondary N) is 2. The molecule has 1 aromatic carbocycles. The highest BCUT2D eigenvalue weighted by Crippen LogP contribution is 2.20. The third-order valence-corrected chi connectivity index (χ3v) is 4.80.